The Kier molecular flexibility index (Phi) is 4.26. The van der Waals surface area contributed by atoms with Crippen LogP contribution in [0.2, 0.25) is 0 Å². The quantitative estimate of drug-likeness (QED) is 0.728. The second-order valence-electron chi connectivity index (χ2n) is 4.96. The molecular weight excluding hydrogens is 330 g/mol. The number of nitrogens with one attached hydrogen (secondary N) is 1. The standard InChI is InChI=1S/C15H15N5O3S/c1-4-23-14(22)10-8(2)9(3)24-13(10)18-12(21)11-17-15-16-6-5-7-20(15)19-11/h5-7H,4H2,1-3H3,(H,18,21). The molecule has 3 aromatic heterocycles. The third-order valence-corrected chi connectivity index (χ3v) is 4.53. The number of aromatic nitrogens is 4. The molecule has 3 heterocycles. The molecule has 0 atom stereocenters. The fraction of sp³-hybridized carbons (Fsp3) is 0.267. The number of hydrogen-bond acceptors (Lipinski definition) is 7. The first-order chi connectivity index (χ1) is 11.5. The van der Waals surface area contributed by atoms with Crippen LogP contribution in [0.3, 0.4) is 0 Å². The van der Waals surface area contributed by atoms with E-state index in [1.807, 2.05) is 13.8 Å². The minimum Gasteiger partial charge on any atom is -0.462 e. The third-order valence-electron chi connectivity index (χ3n) is 3.41. The topological polar surface area (TPSA) is 98.5 Å². The van der Waals surface area contributed by atoms with Crippen LogP contribution in [-0.2, 0) is 4.74 Å². The zero-order chi connectivity index (χ0) is 17.3. The summed E-state index contributed by atoms with van der Waals surface area (Å²) in [7, 11) is 0. The lowest BCUT2D eigenvalue weighted by Crippen LogP contribution is -2.16. The highest BCUT2D eigenvalue weighted by Gasteiger charge is 2.23. The van der Waals surface area contributed by atoms with Gasteiger partial charge in [-0.15, -0.1) is 16.4 Å². The van der Waals surface area contributed by atoms with E-state index >= 15 is 0 Å². The van der Waals surface area contributed by atoms with Gasteiger partial charge in [-0.2, -0.15) is 4.98 Å². The number of hydrogen-bond donors (Lipinski definition) is 1. The molecule has 0 saturated heterocycles. The number of anilines is 1. The van der Waals surface area contributed by atoms with Crippen molar-refractivity contribution in [3.8, 4) is 0 Å². The monoisotopic (exact) mass is 345 g/mol. The van der Waals surface area contributed by atoms with Crippen LogP contribution in [0.1, 0.15) is 38.3 Å². The summed E-state index contributed by atoms with van der Waals surface area (Å²) >= 11 is 1.31. The average Bonchev–Trinajstić information content (AvgIpc) is 3.09. The molecule has 24 heavy (non-hydrogen) atoms. The summed E-state index contributed by atoms with van der Waals surface area (Å²) in [5.74, 6) is -0.661. The van der Waals surface area contributed by atoms with E-state index in [9.17, 15) is 9.59 Å². The molecule has 3 aromatic rings. The van der Waals surface area contributed by atoms with Crippen LogP contribution < -0.4 is 5.32 Å². The van der Waals surface area contributed by atoms with Crippen LogP contribution in [0.4, 0.5) is 5.00 Å². The SMILES string of the molecule is CCOC(=O)c1c(NC(=O)c2nc3ncccn3n2)sc(C)c1C. The van der Waals surface area contributed by atoms with Crippen molar-refractivity contribution < 1.29 is 14.3 Å². The van der Waals surface area contributed by atoms with Gasteiger partial charge in [0.05, 0.1) is 12.2 Å². The molecule has 0 radical (unpaired) electrons. The average molecular weight is 345 g/mol. The predicted molar refractivity (Wildman–Crippen MR) is 88.5 cm³/mol. The first-order valence-electron chi connectivity index (χ1n) is 7.27. The molecule has 0 aliphatic heterocycles. The molecule has 124 valence electrons. The number of esters is 1. The minimum atomic E-state index is -0.507. The van der Waals surface area contributed by atoms with Gasteiger partial charge in [0.1, 0.15) is 5.00 Å². The van der Waals surface area contributed by atoms with Crippen LogP contribution in [0.15, 0.2) is 18.5 Å². The van der Waals surface area contributed by atoms with Gasteiger partial charge >= 0.3 is 5.97 Å². The number of aryl methyl sites for hydroxylation is 1. The van der Waals surface area contributed by atoms with Crippen LogP contribution in [-0.4, -0.2) is 38.1 Å². The molecule has 0 spiro atoms. The van der Waals surface area contributed by atoms with Crippen molar-refractivity contribution in [2.45, 2.75) is 20.8 Å². The molecule has 0 saturated carbocycles. The first-order valence-corrected chi connectivity index (χ1v) is 8.08. The van der Waals surface area contributed by atoms with Gasteiger partial charge in [0, 0.05) is 17.3 Å². The predicted octanol–water partition coefficient (Wildman–Crippen LogP) is 2.23. The maximum Gasteiger partial charge on any atom is 0.341 e. The van der Waals surface area contributed by atoms with Crippen molar-refractivity contribution in [3.63, 3.8) is 0 Å². The van der Waals surface area contributed by atoms with Crippen molar-refractivity contribution >= 4 is 34.0 Å². The Morgan fingerprint density at radius 2 is 2.17 bits per heavy atom. The van der Waals surface area contributed by atoms with Crippen molar-refractivity contribution in [1.29, 1.82) is 0 Å². The summed E-state index contributed by atoms with van der Waals surface area (Å²) in [4.78, 5) is 33.6. The summed E-state index contributed by atoms with van der Waals surface area (Å²) in [5, 5.41) is 7.20. The second-order valence-corrected chi connectivity index (χ2v) is 6.19. The van der Waals surface area contributed by atoms with E-state index in [4.69, 9.17) is 4.74 Å². The Labute approximate surface area is 141 Å². The van der Waals surface area contributed by atoms with E-state index in [0.29, 0.717) is 16.3 Å². The maximum atomic E-state index is 12.4. The zero-order valence-corrected chi connectivity index (χ0v) is 14.2. The highest BCUT2D eigenvalue weighted by atomic mass is 32.1. The molecule has 1 amide bonds. The second kappa shape index (κ2) is 6.36. The lowest BCUT2D eigenvalue weighted by atomic mass is 10.1. The highest BCUT2D eigenvalue weighted by Crippen LogP contribution is 2.33. The Hall–Kier alpha value is -2.81. The number of amides is 1. The summed E-state index contributed by atoms with van der Waals surface area (Å²) in [5.41, 5.74) is 1.16. The van der Waals surface area contributed by atoms with Gasteiger partial charge in [-0.3, -0.25) is 4.79 Å². The number of nitrogens with zero attached hydrogens (tertiary/aromatic N) is 4. The van der Waals surface area contributed by atoms with Gasteiger partial charge in [-0.1, -0.05) is 0 Å². The molecule has 0 fully saturated rings. The van der Waals surface area contributed by atoms with Gasteiger partial charge < -0.3 is 10.1 Å². The molecule has 8 nitrogen and oxygen atoms in total. The third kappa shape index (κ3) is 2.85. The first kappa shape index (κ1) is 16.1. The van der Waals surface area contributed by atoms with Gasteiger partial charge in [-0.05, 0) is 32.4 Å². The van der Waals surface area contributed by atoms with Crippen molar-refractivity contribution in [2.75, 3.05) is 11.9 Å². The van der Waals surface area contributed by atoms with Crippen molar-refractivity contribution in [1.82, 2.24) is 19.6 Å². The highest BCUT2D eigenvalue weighted by molar-refractivity contribution is 7.16. The number of fused-ring (bicyclic) bond motifs is 1. The molecule has 0 unspecified atom stereocenters. The van der Waals surface area contributed by atoms with E-state index < -0.39 is 11.9 Å². The smallest absolute Gasteiger partial charge is 0.341 e. The fourth-order valence-electron chi connectivity index (χ4n) is 2.15. The molecule has 1 N–H and O–H groups in total. The number of carbonyl (C=O) groups excluding carboxylic acids is 2. The van der Waals surface area contributed by atoms with Crippen molar-refractivity contribution in [2.24, 2.45) is 0 Å². The van der Waals surface area contributed by atoms with Crippen LogP contribution in [0.5, 0.6) is 0 Å². The summed E-state index contributed by atoms with van der Waals surface area (Å²) < 4.78 is 6.48. The lowest BCUT2D eigenvalue weighted by Gasteiger charge is -2.05. The van der Waals surface area contributed by atoms with Crippen molar-refractivity contribution in [3.05, 3.63) is 40.3 Å². The molecule has 0 aliphatic carbocycles. The van der Waals surface area contributed by atoms with Crippen LogP contribution in [0, 0.1) is 13.8 Å². The fourth-order valence-corrected chi connectivity index (χ4v) is 3.20. The molecular formula is C15H15N5O3S. The molecule has 0 aromatic carbocycles. The van der Waals surface area contributed by atoms with E-state index in [2.05, 4.69) is 20.4 Å². The number of thiophene rings is 1. The van der Waals surface area contributed by atoms with Crippen LogP contribution >= 0.6 is 11.3 Å². The van der Waals surface area contributed by atoms with Gasteiger partial charge in [0.15, 0.2) is 0 Å². The van der Waals surface area contributed by atoms with Gasteiger partial charge in [0.25, 0.3) is 11.7 Å². The Morgan fingerprint density at radius 1 is 1.38 bits per heavy atom. The normalized spacial score (nSPS) is 10.8. The number of rotatable bonds is 4. The maximum absolute atomic E-state index is 12.4. The van der Waals surface area contributed by atoms with Gasteiger partial charge in [0.2, 0.25) is 5.82 Å². The lowest BCUT2D eigenvalue weighted by molar-refractivity contribution is 0.0527. The molecule has 0 bridgehead atoms. The largest absolute Gasteiger partial charge is 0.462 e. The molecule has 3 rings (SSSR count). The molecule has 9 heteroatoms. The number of ether oxygens (including phenoxy) is 1. The Balaban J connectivity index is 1.91. The number of carbonyl (C=O) groups is 2. The van der Waals surface area contributed by atoms with E-state index in [-0.39, 0.29) is 12.4 Å². The summed E-state index contributed by atoms with van der Waals surface area (Å²) in [6, 6.07) is 1.69. The zero-order valence-electron chi connectivity index (χ0n) is 13.4. The Morgan fingerprint density at radius 3 is 2.88 bits per heavy atom. The minimum absolute atomic E-state index is 0.0211. The van der Waals surface area contributed by atoms with Gasteiger partial charge in [-0.25, -0.2) is 14.3 Å². The summed E-state index contributed by atoms with van der Waals surface area (Å²) in [6.45, 7) is 5.70. The molecule has 0 aliphatic rings. The van der Waals surface area contributed by atoms with E-state index in [1.54, 1.807) is 25.4 Å². The van der Waals surface area contributed by atoms with E-state index in [0.717, 1.165) is 10.4 Å². The van der Waals surface area contributed by atoms with E-state index in [1.165, 1.54) is 15.9 Å². The summed E-state index contributed by atoms with van der Waals surface area (Å²) in [6.07, 6.45) is 3.21. The van der Waals surface area contributed by atoms with Crippen LogP contribution in [0.25, 0.3) is 5.78 Å². The Bertz CT molecular complexity index is 897.